The van der Waals surface area contributed by atoms with Crippen LogP contribution in [-0.4, -0.2) is 67.6 Å². The van der Waals surface area contributed by atoms with Crippen molar-refractivity contribution < 1.29 is 62.9 Å². The molecule has 6 rings (SSSR count). The summed E-state index contributed by atoms with van der Waals surface area (Å²) < 4.78 is 143. The van der Waals surface area contributed by atoms with Crippen LogP contribution in [0.4, 0.5) is 43.9 Å². The Kier molecular flexibility index (Phi) is 13.7. The highest BCUT2D eigenvalue weighted by atomic mass is 19.4. The molecule has 0 bridgehead atoms. The minimum Gasteiger partial charge on any atom is -0.466 e. The lowest BCUT2D eigenvalue weighted by atomic mass is 10.1. The van der Waals surface area contributed by atoms with E-state index in [0.29, 0.717) is 28.9 Å². The Bertz CT molecular complexity index is 2360. The predicted octanol–water partition coefficient (Wildman–Crippen LogP) is 8.61. The fourth-order valence-corrected chi connectivity index (χ4v) is 4.81. The number of ether oxygens (including phenoxy) is 3. The molecule has 14 nitrogen and oxygen atoms in total. The van der Waals surface area contributed by atoms with Crippen LogP contribution in [-0.2, 0) is 21.4 Å². The van der Waals surface area contributed by atoms with Crippen molar-refractivity contribution in [3.63, 3.8) is 0 Å². The highest BCUT2D eigenvalue weighted by Crippen LogP contribution is 2.32. The monoisotopic (exact) mass is 830 g/mol. The summed E-state index contributed by atoms with van der Waals surface area (Å²) in [5.41, 5.74) is 15.5. The standard InChI is InChI=1S/C15H9F5N6O.C15H11F5N4O.C4H8O2/c16-14(17,8-22-25-21)13-24-23-12-6-3-10(7-26(12)13)9-1-4-11(5-2-9)27-15(18,19)20;16-14(17,8-21)13-23-22-12-6-3-10(7-24(12)13)9-1-4-11(5-2-9)25-15(18,19)20;1-3-6-4(2)5/h1-7H,8H2;1-7H,8,21H2;3H2,1-2H3. The van der Waals surface area contributed by atoms with E-state index >= 15 is 0 Å². The minimum absolute atomic E-state index is 0.131. The first kappa shape index (κ1) is 44.0. The van der Waals surface area contributed by atoms with Crippen LogP contribution >= 0.6 is 0 Å². The Morgan fingerprint density at radius 1 is 0.672 bits per heavy atom. The smallest absolute Gasteiger partial charge is 0.466 e. The van der Waals surface area contributed by atoms with E-state index < -0.39 is 55.1 Å². The second-order valence-electron chi connectivity index (χ2n) is 11.4. The van der Waals surface area contributed by atoms with Gasteiger partial charge >= 0.3 is 30.5 Å². The van der Waals surface area contributed by atoms with Crippen LogP contribution in [0, 0.1) is 0 Å². The summed E-state index contributed by atoms with van der Waals surface area (Å²) in [6.45, 7) is 1.60. The Morgan fingerprint density at radius 2 is 1.07 bits per heavy atom. The number of hydrogen-bond acceptors (Lipinski definition) is 10. The van der Waals surface area contributed by atoms with Gasteiger partial charge in [-0.1, -0.05) is 29.4 Å². The number of benzene rings is 2. The molecule has 0 atom stereocenters. The molecule has 0 aliphatic carbocycles. The molecule has 2 aromatic carbocycles. The number of fused-ring (bicyclic) bond motifs is 2. The summed E-state index contributed by atoms with van der Waals surface area (Å²) in [6.07, 6.45) is -6.91. The number of hydrogen-bond donors (Lipinski definition) is 1. The third-order valence-corrected chi connectivity index (χ3v) is 7.24. The Hall–Kier alpha value is -6.68. The zero-order chi connectivity index (χ0) is 42.9. The minimum atomic E-state index is -4.81. The molecule has 4 heterocycles. The first-order valence-corrected chi connectivity index (χ1v) is 16.2. The van der Waals surface area contributed by atoms with Crippen molar-refractivity contribution in [2.75, 3.05) is 19.7 Å². The van der Waals surface area contributed by atoms with Crippen LogP contribution in [0.3, 0.4) is 0 Å². The van der Waals surface area contributed by atoms with Gasteiger partial charge in [-0.25, -0.2) is 0 Å². The number of halogens is 10. The van der Waals surface area contributed by atoms with Crippen molar-refractivity contribution in [2.45, 2.75) is 38.4 Å². The number of azide groups is 1. The number of carbonyl (C=O) groups excluding carboxylic acids is 1. The molecule has 0 aliphatic rings. The molecule has 4 aromatic heterocycles. The fraction of sp³-hybridized carbons (Fsp3) is 0.265. The second-order valence-corrected chi connectivity index (χ2v) is 11.4. The molecule has 24 heteroatoms. The number of esters is 1. The van der Waals surface area contributed by atoms with Crippen LogP contribution < -0.4 is 15.2 Å². The zero-order valence-electron chi connectivity index (χ0n) is 29.7. The molecule has 308 valence electrons. The molecule has 6 aromatic rings. The lowest BCUT2D eigenvalue weighted by Gasteiger charge is -2.12. The molecular formula is C34H28F10N10O4. The Morgan fingerprint density at radius 3 is 1.40 bits per heavy atom. The average molecular weight is 831 g/mol. The Balaban J connectivity index is 0.000000226. The van der Waals surface area contributed by atoms with Gasteiger partial charge in [-0.05, 0) is 83.2 Å². The van der Waals surface area contributed by atoms with Gasteiger partial charge in [0.05, 0.1) is 19.7 Å². The molecule has 0 amide bonds. The number of nitrogens with zero attached hydrogens (tertiary/aromatic N) is 9. The van der Waals surface area contributed by atoms with E-state index in [1.165, 1.54) is 55.7 Å². The van der Waals surface area contributed by atoms with E-state index in [1.807, 2.05) is 0 Å². The van der Waals surface area contributed by atoms with E-state index in [-0.39, 0.29) is 23.0 Å². The maximum atomic E-state index is 14.1. The molecule has 0 saturated heterocycles. The van der Waals surface area contributed by atoms with Gasteiger partial charge in [-0.15, -0.1) is 46.7 Å². The summed E-state index contributed by atoms with van der Waals surface area (Å²) in [6, 6.07) is 16.0. The van der Waals surface area contributed by atoms with Crippen LogP contribution in [0.5, 0.6) is 11.5 Å². The van der Waals surface area contributed by atoms with Gasteiger partial charge in [0.2, 0.25) is 11.6 Å². The first-order chi connectivity index (χ1) is 27.2. The molecule has 0 saturated carbocycles. The van der Waals surface area contributed by atoms with Crippen molar-refractivity contribution in [1.82, 2.24) is 29.2 Å². The third-order valence-electron chi connectivity index (χ3n) is 7.24. The lowest BCUT2D eigenvalue weighted by Crippen LogP contribution is -2.27. The zero-order valence-corrected chi connectivity index (χ0v) is 29.7. The first-order valence-electron chi connectivity index (χ1n) is 16.2. The quantitative estimate of drug-likeness (QED) is 0.0465. The number of alkyl halides is 10. The van der Waals surface area contributed by atoms with Crippen LogP contribution in [0.25, 0.3) is 44.0 Å². The second kappa shape index (κ2) is 18.1. The van der Waals surface area contributed by atoms with Crippen LogP contribution in [0.15, 0.2) is 90.3 Å². The largest absolute Gasteiger partial charge is 0.573 e. The van der Waals surface area contributed by atoms with Gasteiger partial charge in [0, 0.05) is 24.2 Å². The Labute approximate surface area is 319 Å². The predicted molar refractivity (Wildman–Crippen MR) is 183 cm³/mol. The summed E-state index contributed by atoms with van der Waals surface area (Å²) in [5.74, 6) is -9.22. The molecule has 0 spiro atoms. The number of rotatable bonds is 10. The normalized spacial score (nSPS) is 11.8. The number of carbonyl (C=O) groups is 1. The lowest BCUT2D eigenvalue weighted by molar-refractivity contribution is -0.275. The summed E-state index contributed by atoms with van der Waals surface area (Å²) in [7, 11) is 0. The van der Waals surface area contributed by atoms with Crippen molar-refractivity contribution in [3.05, 3.63) is 107 Å². The fourth-order valence-electron chi connectivity index (χ4n) is 4.81. The SMILES string of the molecule is CCOC(C)=O.NCC(F)(F)c1nnc2ccc(-c3ccc(OC(F)(F)F)cc3)cn12.[N-]=[N+]=NCC(F)(F)c1nnc2ccc(-c3ccc(OC(F)(F)F)cc3)cn12. The summed E-state index contributed by atoms with van der Waals surface area (Å²) in [4.78, 5) is 12.1. The van der Waals surface area contributed by atoms with E-state index in [1.54, 1.807) is 19.1 Å². The van der Waals surface area contributed by atoms with Crippen LogP contribution in [0.2, 0.25) is 0 Å². The van der Waals surface area contributed by atoms with Gasteiger partial charge in [-0.3, -0.25) is 13.6 Å². The van der Waals surface area contributed by atoms with Crippen molar-refractivity contribution in [1.29, 1.82) is 0 Å². The van der Waals surface area contributed by atoms with Crippen molar-refractivity contribution in [3.8, 4) is 33.8 Å². The molecule has 2 N–H and O–H groups in total. The summed E-state index contributed by atoms with van der Waals surface area (Å²) in [5, 5.41) is 17.1. The maximum Gasteiger partial charge on any atom is 0.573 e. The van der Waals surface area contributed by atoms with E-state index in [4.69, 9.17) is 11.3 Å². The molecule has 58 heavy (non-hydrogen) atoms. The highest BCUT2D eigenvalue weighted by molar-refractivity contribution is 5.67. The average Bonchev–Trinajstić information content (AvgIpc) is 3.79. The molecule has 0 unspecified atom stereocenters. The third kappa shape index (κ3) is 11.9. The summed E-state index contributed by atoms with van der Waals surface area (Å²) >= 11 is 0. The van der Waals surface area contributed by atoms with Gasteiger partial charge < -0.3 is 19.9 Å². The molecule has 0 fully saturated rings. The molecular weight excluding hydrogens is 802 g/mol. The van der Waals surface area contributed by atoms with E-state index in [9.17, 15) is 48.7 Å². The van der Waals surface area contributed by atoms with Gasteiger partial charge in [0.25, 0.3) is 0 Å². The van der Waals surface area contributed by atoms with E-state index in [0.717, 1.165) is 33.1 Å². The van der Waals surface area contributed by atoms with Crippen molar-refractivity contribution >= 4 is 17.3 Å². The molecule has 0 aliphatic heterocycles. The van der Waals surface area contributed by atoms with Gasteiger partial charge in [-0.2, -0.15) is 17.6 Å². The maximum absolute atomic E-state index is 14.1. The number of nitrogens with two attached hydrogens (primary N) is 1. The van der Waals surface area contributed by atoms with Crippen LogP contribution in [0.1, 0.15) is 25.5 Å². The van der Waals surface area contributed by atoms with Gasteiger partial charge in [0.1, 0.15) is 11.5 Å². The topological polar surface area (TPSA) is 180 Å². The number of pyridine rings is 2. The number of aromatic nitrogens is 6. The molecule has 0 radical (unpaired) electrons. The van der Waals surface area contributed by atoms with E-state index in [2.05, 4.69) is 44.6 Å². The highest BCUT2D eigenvalue weighted by Gasteiger charge is 2.37. The van der Waals surface area contributed by atoms with Gasteiger partial charge in [0.15, 0.2) is 11.3 Å². The van der Waals surface area contributed by atoms with Crippen molar-refractivity contribution in [2.24, 2.45) is 10.8 Å².